The minimum absolute atomic E-state index is 0.0629. The molecule has 0 aliphatic carbocycles. The minimum Gasteiger partial charge on any atom is -0.380 e. The Morgan fingerprint density at radius 3 is 2.70 bits per heavy atom. The van der Waals surface area contributed by atoms with Gasteiger partial charge in [0.15, 0.2) is 0 Å². The summed E-state index contributed by atoms with van der Waals surface area (Å²) < 4.78 is 5.39. The number of nitrogen functional groups attached to an aromatic ring is 1. The van der Waals surface area contributed by atoms with E-state index in [0.717, 1.165) is 0 Å². The summed E-state index contributed by atoms with van der Waals surface area (Å²) in [5, 5.41) is 3.44. The molecule has 0 saturated heterocycles. The molecule has 1 amide bonds. The van der Waals surface area contributed by atoms with Crippen molar-refractivity contribution in [2.75, 3.05) is 18.6 Å². The van der Waals surface area contributed by atoms with Gasteiger partial charge in [-0.3, -0.25) is 10.6 Å². The van der Waals surface area contributed by atoms with Gasteiger partial charge in [-0.2, -0.15) is 0 Å². The van der Waals surface area contributed by atoms with Crippen LogP contribution in [0.25, 0.3) is 0 Å². The molecule has 1 aromatic rings. The van der Waals surface area contributed by atoms with E-state index in [9.17, 15) is 4.79 Å². The number of benzene rings is 1. The van der Waals surface area contributed by atoms with E-state index in [2.05, 4.69) is 10.7 Å². The number of carbonyl (C=O) groups is 1. The van der Waals surface area contributed by atoms with Crippen LogP contribution in [0.1, 0.15) is 31.1 Å². The van der Waals surface area contributed by atoms with Gasteiger partial charge in [0.05, 0.1) is 23.9 Å². The Balaban J connectivity index is 2.85. The van der Waals surface area contributed by atoms with Crippen molar-refractivity contribution in [1.82, 2.24) is 5.32 Å². The minimum atomic E-state index is -0.223. The molecule has 1 rings (SSSR count). The Labute approximate surface area is 124 Å². The van der Waals surface area contributed by atoms with Crippen LogP contribution in [0.2, 0.25) is 5.02 Å². The predicted octanol–water partition coefficient (Wildman–Crippen LogP) is 2.42. The van der Waals surface area contributed by atoms with E-state index < -0.39 is 0 Å². The highest BCUT2D eigenvalue weighted by atomic mass is 35.5. The molecule has 6 heteroatoms. The van der Waals surface area contributed by atoms with E-state index in [1.807, 2.05) is 20.8 Å². The number of hydrogen-bond acceptors (Lipinski definition) is 4. The van der Waals surface area contributed by atoms with Gasteiger partial charge in [-0.15, -0.1) is 0 Å². The number of hydrogen-bond donors (Lipinski definition) is 3. The van der Waals surface area contributed by atoms with Crippen LogP contribution in [-0.2, 0) is 4.74 Å². The van der Waals surface area contributed by atoms with Crippen LogP contribution in [-0.4, -0.2) is 25.2 Å². The van der Waals surface area contributed by atoms with E-state index >= 15 is 0 Å². The van der Waals surface area contributed by atoms with Crippen molar-refractivity contribution in [2.24, 2.45) is 11.8 Å². The topological polar surface area (TPSA) is 76.4 Å². The second-order valence-corrected chi connectivity index (χ2v) is 5.25. The molecule has 4 N–H and O–H groups in total. The van der Waals surface area contributed by atoms with Crippen molar-refractivity contribution < 1.29 is 9.53 Å². The summed E-state index contributed by atoms with van der Waals surface area (Å²) in [6.45, 7) is 7.08. The van der Waals surface area contributed by atoms with E-state index in [4.69, 9.17) is 22.2 Å². The Hall–Kier alpha value is -1.30. The van der Waals surface area contributed by atoms with Crippen molar-refractivity contribution >= 4 is 23.2 Å². The maximum absolute atomic E-state index is 12.3. The summed E-state index contributed by atoms with van der Waals surface area (Å²) in [5.74, 6) is 5.45. The highest BCUT2D eigenvalue weighted by Crippen LogP contribution is 2.20. The van der Waals surface area contributed by atoms with E-state index in [1.165, 1.54) is 0 Å². The summed E-state index contributed by atoms with van der Waals surface area (Å²) in [5.41, 5.74) is 3.45. The van der Waals surface area contributed by atoms with Gasteiger partial charge in [0.2, 0.25) is 0 Å². The van der Waals surface area contributed by atoms with Gasteiger partial charge in [-0.25, -0.2) is 0 Å². The van der Waals surface area contributed by atoms with Gasteiger partial charge >= 0.3 is 0 Å². The number of halogens is 1. The Morgan fingerprint density at radius 1 is 1.45 bits per heavy atom. The molecule has 0 radical (unpaired) electrons. The molecule has 0 aliphatic heterocycles. The quantitative estimate of drug-likeness (QED) is 0.534. The van der Waals surface area contributed by atoms with Crippen LogP contribution in [0.3, 0.4) is 0 Å². The number of anilines is 1. The van der Waals surface area contributed by atoms with Crippen LogP contribution < -0.4 is 16.6 Å². The molecule has 0 aliphatic rings. The smallest absolute Gasteiger partial charge is 0.253 e. The fraction of sp³-hybridized carbons (Fsp3) is 0.500. The normalized spacial score (nSPS) is 12.3. The lowest BCUT2D eigenvalue weighted by Gasteiger charge is -2.22. The van der Waals surface area contributed by atoms with Gasteiger partial charge in [0.1, 0.15) is 0 Å². The number of rotatable bonds is 7. The third-order valence-electron chi connectivity index (χ3n) is 3.00. The van der Waals surface area contributed by atoms with E-state index in [0.29, 0.717) is 29.5 Å². The fourth-order valence-corrected chi connectivity index (χ4v) is 1.89. The number of ether oxygens (including phenoxy) is 1. The first kappa shape index (κ1) is 16.8. The van der Waals surface area contributed by atoms with Crippen LogP contribution in [0.15, 0.2) is 18.2 Å². The number of nitrogens with one attached hydrogen (secondary N) is 2. The zero-order chi connectivity index (χ0) is 15.1. The average molecular weight is 300 g/mol. The van der Waals surface area contributed by atoms with Crippen LogP contribution in [0.5, 0.6) is 0 Å². The van der Waals surface area contributed by atoms with Crippen molar-refractivity contribution in [1.29, 1.82) is 0 Å². The molecule has 0 fully saturated rings. The molecule has 1 aromatic carbocycles. The van der Waals surface area contributed by atoms with Gasteiger partial charge in [0.25, 0.3) is 5.91 Å². The van der Waals surface area contributed by atoms with Gasteiger partial charge in [-0.05, 0) is 31.0 Å². The standard InChI is InChI=1S/C14H22ClN3O2/c1-4-20-8-13(9(2)3)17-14(19)11-7-10(15)5-6-12(11)18-16/h5-7,9,13,18H,4,8,16H2,1-3H3,(H,17,19). The molecule has 0 bridgehead atoms. The van der Waals surface area contributed by atoms with Gasteiger partial charge < -0.3 is 15.5 Å². The van der Waals surface area contributed by atoms with Crippen molar-refractivity contribution in [2.45, 2.75) is 26.8 Å². The average Bonchev–Trinajstić information content (AvgIpc) is 2.42. The second-order valence-electron chi connectivity index (χ2n) is 4.82. The first-order chi connectivity index (χ1) is 9.49. The maximum Gasteiger partial charge on any atom is 0.253 e. The Morgan fingerprint density at radius 2 is 2.15 bits per heavy atom. The fourth-order valence-electron chi connectivity index (χ4n) is 1.72. The first-order valence-electron chi connectivity index (χ1n) is 6.64. The SMILES string of the molecule is CCOCC(NC(=O)c1cc(Cl)ccc1NN)C(C)C. The van der Waals surface area contributed by atoms with E-state index in [-0.39, 0.29) is 17.9 Å². The molecule has 0 spiro atoms. The molecular weight excluding hydrogens is 278 g/mol. The number of nitrogens with two attached hydrogens (primary N) is 1. The summed E-state index contributed by atoms with van der Waals surface area (Å²) in [6, 6.07) is 4.87. The summed E-state index contributed by atoms with van der Waals surface area (Å²) in [4.78, 5) is 12.3. The molecule has 0 saturated carbocycles. The number of carbonyl (C=O) groups excluding carboxylic acids is 1. The maximum atomic E-state index is 12.3. The zero-order valence-corrected chi connectivity index (χ0v) is 12.8. The van der Waals surface area contributed by atoms with Crippen molar-refractivity contribution in [3.8, 4) is 0 Å². The largest absolute Gasteiger partial charge is 0.380 e. The monoisotopic (exact) mass is 299 g/mol. The number of amides is 1. The van der Waals surface area contributed by atoms with Crippen LogP contribution in [0, 0.1) is 5.92 Å². The van der Waals surface area contributed by atoms with Crippen LogP contribution in [0.4, 0.5) is 5.69 Å². The molecule has 112 valence electrons. The third-order valence-corrected chi connectivity index (χ3v) is 3.24. The Kier molecular flexibility index (Phi) is 6.78. The zero-order valence-electron chi connectivity index (χ0n) is 12.1. The van der Waals surface area contributed by atoms with Crippen LogP contribution >= 0.6 is 11.6 Å². The first-order valence-corrected chi connectivity index (χ1v) is 7.02. The third kappa shape index (κ3) is 4.67. The molecule has 1 atom stereocenters. The molecule has 0 aromatic heterocycles. The highest BCUT2D eigenvalue weighted by molar-refractivity contribution is 6.31. The highest BCUT2D eigenvalue weighted by Gasteiger charge is 2.19. The second kappa shape index (κ2) is 8.09. The molecule has 5 nitrogen and oxygen atoms in total. The lowest BCUT2D eigenvalue weighted by molar-refractivity contribution is 0.0807. The van der Waals surface area contributed by atoms with Crippen molar-refractivity contribution in [3.63, 3.8) is 0 Å². The predicted molar refractivity (Wildman–Crippen MR) is 81.8 cm³/mol. The molecule has 0 heterocycles. The van der Waals surface area contributed by atoms with Crippen molar-refractivity contribution in [3.05, 3.63) is 28.8 Å². The summed E-state index contributed by atoms with van der Waals surface area (Å²) in [6.07, 6.45) is 0. The van der Waals surface area contributed by atoms with Gasteiger partial charge in [-0.1, -0.05) is 25.4 Å². The summed E-state index contributed by atoms with van der Waals surface area (Å²) in [7, 11) is 0. The Bertz CT molecular complexity index is 452. The molecule has 20 heavy (non-hydrogen) atoms. The van der Waals surface area contributed by atoms with E-state index in [1.54, 1.807) is 18.2 Å². The summed E-state index contributed by atoms with van der Waals surface area (Å²) >= 11 is 5.93. The molecular formula is C14H22ClN3O2. The lowest BCUT2D eigenvalue weighted by Crippen LogP contribution is -2.42. The number of hydrazine groups is 1. The van der Waals surface area contributed by atoms with Gasteiger partial charge in [0, 0.05) is 11.6 Å². The lowest BCUT2D eigenvalue weighted by atomic mass is 10.0. The molecule has 1 unspecified atom stereocenters.